The van der Waals surface area contributed by atoms with Gasteiger partial charge < -0.3 is 10.0 Å². The molecule has 3 heterocycles. The lowest BCUT2D eigenvalue weighted by Crippen LogP contribution is -2.31. The second-order valence-electron chi connectivity index (χ2n) is 7.34. The fourth-order valence-electron chi connectivity index (χ4n) is 3.92. The third-order valence-electron chi connectivity index (χ3n) is 5.53. The summed E-state index contributed by atoms with van der Waals surface area (Å²) in [5.74, 6) is -0.902. The Morgan fingerprint density at radius 3 is 2.75 bits per heavy atom. The number of likely N-dealkylation sites (tertiary alicyclic amines) is 1. The molecule has 1 aliphatic rings. The van der Waals surface area contributed by atoms with Gasteiger partial charge in [0.05, 0.1) is 12.3 Å². The zero-order valence-corrected chi connectivity index (χ0v) is 16.1. The van der Waals surface area contributed by atoms with Gasteiger partial charge in [-0.2, -0.15) is 5.21 Å². The molecule has 2 atom stereocenters. The van der Waals surface area contributed by atoms with Crippen molar-refractivity contribution in [2.75, 3.05) is 13.1 Å². The highest BCUT2D eigenvalue weighted by Crippen LogP contribution is 2.31. The van der Waals surface area contributed by atoms with E-state index in [0.717, 1.165) is 43.6 Å². The SMILES string of the molecule is CCCC(C(=O)O)[C@H](Cc1ccc(C2CCN(C=N)CC2)nc1)c1nn[nH]n1. The van der Waals surface area contributed by atoms with Crippen LogP contribution in [0.3, 0.4) is 0 Å². The van der Waals surface area contributed by atoms with Crippen LogP contribution in [-0.2, 0) is 11.2 Å². The first-order valence-electron chi connectivity index (χ1n) is 9.78. The van der Waals surface area contributed by atoms with Gasteiger partial charge in [0, 0.05) is 36.8 Å². The number of hydrogen-bond acceptors (Lipinski definition) is 6. The molecule has 2 aromatic rings. The van der Waals surface area contributed by atoms with Crippen LogP contribution in [0.15, 0.2) is 18.3 Å². The average molecular weight is 385 g/mol. The van der Waals surface area contributed by atoms with E-state index in [0.29, 0.717) is 24.6 Å². The number of carboxylic acids is 1. The van der Waals surface area contributed by atoms with Gasteiger partial charge in [0.15, 0.2) is 5.82 Å². The number of aliphatic carboxylic acids is 1. The molecule has 9 heteroatoms. The van der Waals surface area contributed by atoms with E-state index < -0.39 is 11.9 Å². The van der Waals surface area contributed by atoms with E-state index >= 15 is 0 Å². The Kier molecular flexibility index (Phi) is 6.67. The Bertz CT molecular complexity index is 755. The number of nitrogens with zero attached hydrogens (tertiary/aromatic N) is 5. The fraction of sp³-hybridized carbons (Fsp3) is 0.579. The average Bonchev–Trinajstić information content (AvgIpc) is 3.25. The molecular formula is C19H27N7O2. The highest BCUT2D eigenvalue weighted by atomic mass is 16.4. The molecule has 28 heavy (non-hydrogen) atoms. The first kappa shape index (κ1) is 19.9. The van der Waals surface area contributed by atoms with Crippen LogP contribution in [0.1, 0.15) is 61.5 Å². The van der Waals surface area contributed by atoms with Crippen LogP contribution in [0.25, 0.3) is 0 Å². The van der Waals surface area contributed by atoms with Crippen molar-refractivity contribution < 1.29 is 9.90 Å². The van der Waals surface area contributed by atoms with Crippen molar-refractivity contribution >= 4 is 12.3 Å². The molecule has 0 radical (unpaired) electrons. The summed E-state index contributed by atoms with van der Waals surface area (Å²) in [6.45, 7) is 3.74. The van der Waals surface area contributed by atoms with E-state index in [1.54, 1.807) is 0 Å². The summed E-state index contributed by atoms with van der Waals surface area (Å²) in [7, 11) is 0. The van der Waals surface area contributed by atoms with E-state index in [1.165, 1.54) is 6.34 Å². The zero-order valence-electron chi connectivity index (χ0n) is 16.1. The van der Waals surface area contributed by atoms with E-state index in [9.17, 15) is 9.90 Å². The van der Waals surface area contributed by atoms with Crippen molar-refractivity contribution in [3.05, 3.63) is 35.4 Å². The summed E-state index contributed by atoms with van der Waals surface area (Å²) in [6, 6.07) is 4.08. The van der Waals surface area contributed by atoms with Gasteiger partial charge >= 0.3 is 5.97 Å². The Balaban J connectivity index is 1.72. The molecule has 1 fully saturated rings. The molecule has 3 rings (SSSR count). The van der Waals surface area contributed by atoms with Crippen LogP contribution in [0.4, 0.5) is 0 Å². The van der Waals surface area contributed by atoms with Gasteiger partial charge in [-0.3, -0.25) is 15.2 Å². The van der Waals surface area contributed by atoms with Crippen LogP contribution in [0, 0.1) is 11.3 Å². The van der Waals surface area contributed by atoms with Crippen LogP contribution in [0.5, 0.6) is 0 Å². The van der Waals surface area contributed by atoms with Gasteiger partial charge in [0.2, 0.25) is 0 Å². The molecule has 2 aromatic heterocycles. The Labute approximate surface area is 164 Å². The van der Waals surface area contributed by atoms with E-state index in [4.69, 9.17) is 5.41 Å². The van der Waals surface area contributed by atoms with Gasteiger partial charge in [0.1, 0.15) is 0 Å². The number of rotatable bonds is 9. The number of piperidine rings is 1. The quantitative estimate of drug-likeness (QED) is 0.445. The van der Waals surface area contributed by atoms with Crippen molar-refractivity contribution in [3.63, 3.8) is 0 Å². The molecule has 0 bridgehead atoms. The Hall–Kier alpha value is -2.84. The molecule has 0 aliphatic carbocycles. The third kappa shape index (κ3) is 4.71. The minimum Gasteiger partial charge on any atom is -0.481 e. The number of pyridine rings is 1. The summed E-state index contributed by atoms with van der Waals surface area (Å²) < 4.78 is 0. The summed E-state index contributed by atoms with van der Waals surface area (Å²) in [6.07, 6.45) is 7.07. The van der Waals surface area contributed by atoms with Crippen molar-refractivity contribution in [1.82, 2.24) is 30.5 Å². The zero-order chi connectivity index (χ0) is 19.9. The lowest BCUT2D eigenvalue weighted by atomic mass is 9.83. The predicted molar refractivity (Wildman–Crippen MR) is 103 cm³/mol. The molecule has 0 aromatic carbocycles. The number of carbonyl (C=O) groups is 1. The largest absolute Gasteiger partial charge is 0.481 e. The van der Waals surface area contributed by atoms with Crippen LogP contribution in [-0.4, -0.2) is 61.0 Å². The molecule has 9 nitrogen and oxygen atoms in total. The minimum atomic E-state index is -0.834. The summed E-state index contributed by atoms with van der Waals surface area (Å²) >= 11 is 0. The van der Waals surface area contributed by atoms with Crippen molar-refractivity contribution in [2.24, 2.45) is 5.92 Å². The Morgan fingerprint density at radius 1 is 1.43 bits per heavy atom. The molecule has 150 valence electrons. The van der Waals surface area contributed by atoms with Crippen molar-refractivity contribution in [2.45, 2.75) is 50.9 Å². The monoisotopic (exact) mass is 385 g/mol. The molecule has 0 saturated carbocycles. The maximum Gasteiger partial charge on any atom is 0.307 e. The number of aromatic amines is 1. The smallest absolute Gasteiger partial charge is 0.307 e. The highest BCUT2D eigenvalue weighted by Gasteiger charge is 2.32. The minimum absolute atomic E-state index is 0.348. The maximum atomic E-state index is 11.8. The predicted octanol–water partition coefficient (Wildman–Crippen LogP) is 2.21. The summed E-state index contributed by atoms with van der Waals surface area (Å²) in [5.41, 5.74) is 2.03. The number of carboxylic acid groups (broad SMARTS) is 1. The molecule has 3 N–H and O–H groups in total. The lowest BCUT2D eigenvalue weighted by Gasteiger charge is -2.29. The highest BCUT2D eigenvalue weighted by molar-refractivity contribution is 5.71. The van der Waals surface area contributed by atoms with Crippen molar-refractivity contribution in [3.8, 4) is 0 Å². The maximum absolute atomic E-state index is 11.8. The second kappa shape index (κ2) is 9.38. The molecule has 0 amide bonds. The van der Waals surface area contributed by atoms with E-state index in [-0.39, 0.29) is 5.92 Å². The summed E-state index contributed by atoms with van der Waals surface area (Å²) in [4.78, 5) is 18.5. The van der Waals surface area contributed by atoms with Gasteiger partial charge in [-0.1, -0.05) is 24.6 Å². The van der Waals surface area contributed by atoms with Crippen molar-refractivity contribution in [1.29, 1.82) is 5.41 Å². The normalized spacial score (nSPS) is 17.2. The summed E-state index contributed by atoms with van der Waals surface area (Å²) in [5, 5.41) is 31.2. The fourth-order valence-corrected chi connectivity index (χ4v) is 3.92. The van der Waals surface area contributed by atoms with E-state index in [2.05, 4.69) is 25.6 Å². The molecule has 1 aliphatic heterocycles. The number of tetrazole rings is 1. The number of hydrogen-bond donors (Lipinski definition) is 3. The van der Waals surface area contributed by atoms with Crippen LogP contribution in [0.2, 0.25) is 0 Å². The molecule has 0 spiro atoms. The van der Waals surface area contributed by atoms with Gasteiger partial charge in [-0.05, 0) is 37.3 Å². The van der Waals surface area contributed by atoms with Crippen LogP contribution < -0.4 is 0 Å². The van der Waals surface area contributed by atoms with Gasteiger partial charge in [0.25, 0.3) is 0 Å². The first-order valence-corrected chi connectivity index (χ1v) is 9.78. The topological polar surface area (TPSA) is 132 Å². The van der Waals surface area contributed by atoms with Crippen LogP contribution >= 0.6 is 0 Å². The number of aromatic nitrogens is 5. The number of nitrogens with one attached hydrogen (secondary N) is 2. The molecular weight excluding hydrogens is 358 g/mol. The molecule has 1 unspecified atom stereocenters. The standard InChI is InChI=1S/C19H27N7O2/c1-2-3-15(19(27)28)16(18-22-24-25-23-18)10-13-4-5-17(21-11-13)14-6-8-26(12-20)9-7-14/h4-5,11-12,14-16,20H,2-3,6-10H2,1H3,(H,27,28)(H,22,23,24,25)/t15?,16-/m0/s1. The Morgan fingerprint density at radius 2 is 2.21 bits per heavy atom. The molecule has 1 saturated heterocycles. The number of H-pyrrole nitrogens is 1. The first-order chi connectivity index (χ1) is 13.6. The van der Waals surface area contributed by atoms with Gasteiger partial charge in [-0.25, -0.2) is 0 Å². The lowest BCUT2D eigenvalue weighted by molar-refractivity contribution is -0.142. The third-order valence-corrected chi connectivity index (χ3v) is 5.53. The van der Waals surface area contributed by atoms with E-state index in [1.807, 2.05) is 30.2 Å². The second-order valence-corrected chi connectivity index (χ2v) is 7.34. The van der Waals surface area contributed by atoms with Gasteiger partial charge in [-0.15, -0.1) is 10.2 Å².